The van der Waals surface area contributed by atoms with Crippen molar-refractivity contribution in [3.8, 4) is 0 Å². The molecule has 1 aliphatic rings. The lowest BCUT2D eigenvalue weighted by Gasteiger charge is -2.26. The number of amides is 1. The average Bonchev–Trinajstić information content (AvgIpc) is 2.54. The van der Waals surface area contributed by atoms with Gasteiger partial charge in [-0.25, -0.2) is 8.42 Å². The molecule has 120 valence electrons. The SMILES string of the molecule is CS(=O)(=O)c1cccc(C(=O)N[C@H]2CCCc3ccccc32)c1. The molecule has 0 spiro atoms. The van der Waals surface area contributed by atoms with Gasteiger partial charge in [-0.1, -0.05) is 30.3 Å². The fraction of sp³-hybridized carbons (Fsp3) is 0.278. The van der Waals surface area contributed by atoms with E-state index in [-0.39, 0.29) is 16.8 Å². The van der Waals surface area contributed by atoms with Gasteiger partial charge in [-0.15, -0.1) is 0 Å². The van der Waals surface area contributed by atoms with Crippen molar-refractivity contribution in [3.63, 3.8) is 0 Å². The quantitative estimate of drug-likeness (QED) is 0.942. The third kappa shape index (κ3) is 3.45. The monoisotopic (exact) mass is 329 g/mol. The topological polar surface area (TPSA) is 63.2 Å². The molecular weight excluding hydrogens is 310 g/mol. The van der Waals surface area contributed by atoms with E-state index in [1.54, 1.807) is 12.1 Å². The van der Waals surface area contributed by atoms with Gasteiger partial charge in [-0.05, 0) is 48.6 Å². The number of hydrogen-bond donors (Lipinski definition) is 1. The average molecular weight is 329 g/mol. The maximum Gasteiger partial charge on any atom is 0.251 e. The summed E-state index contributed by atoms with van der Waals surface area (Å²) in [6.45, 7) is 0. The summed E-state index contributed by atoms with van der Waals surface area (Å²) in [5.41, 5.74) is 2.80. The lowest BCUT2D eigenvalue weighted by Crippen LogP contribution is -2.31. The first-order valence-electron chi connectivity index (χ1n) is 7.64. The molecule has 0 aliphatic heterocycles. The number of fused-ring (bicyclic) bond motifs is 1. The van der Waals surface area contributed by atoms with E-state index in [4.69, 9.17) is 0 Å². The Kier molecular flexibility index (Phi) is 4.22. The molecule has 2 aromatic carbocycles. The van der Waals surface area contributed by atoms with Gasteiger partial charge in [0, 0.05) is 11.8 Å². The first-order chi connectivity index (χ1) is 10.9. The van der Waals surface area contributed by atoms with Crippen LogP contribution in [0.15, 0.2) is 53.4 Å². The highest BCUT2D eigenvalue weighted by Crippen LogP contribution is 2.29. The van der Waals surface area contributed by atoms with E-state index in [9.17, 15) is 13.2 Å². The van der Waals surface area contributed by atoms with E-state index in [1.807, 2.05) is 18.2 Å². The zero-order valence-corrected chi connectivity index (χ0v) is 13.8. The van der Waals surface area contributed by atoms with Crippen LogP contribution in [-0.2, 0) is 16.3 Å². The number of nitrogens with one attached hydrogen (secondary N) is 1. The molecule has 1 amide bonds. The van der Waals surface area contributed by atoms with E-state index < -0.39 is 9.84 Å². The minimum Gasteiger partial charge on any atom is -0.345 e. The maximum absolute atomic E-state index is 12.5. The Morgan fingerprint density at radius 1 is 1.13 bits per heavy atom. The van der Waals surface area contributed by atoms with Crippen molar-refractivity contribution >= 4 is 15.7 Å². The van der Waals surface area contributed by atoms with Crippen LogP contribution < -0.4 is 5.32 Å². The summed E-state index contributed by atoms with van der Waals surface area (Å²) in [6.07, 6.45) is 4.10. The second-order valence-electron chi connectivity index (χ2n) is 5.92. The fourth-order valence-electron chi connectivity index (χ4n) is 3.01. The Morgan fingerprint density at radius 2 is 1.91 bits per heavy atom. The van der Waals surface area contributed by atoms with Crippen molar-refractivity contribution in [3.05, 3.63) is 65.2 Å². The van der Waals surface area contributed by atoms with Gasteiger partial charge in [0.15, 0.2) is 9.84 Å². The first kappa shape index (κ1) is 15.7. The van der Waals surface area contributed by atoms with Gasteiger partial charge < -0.3 is 5.32 Å². The number of rotatable bonds is 3. The predicted octanol–water partition coefficient (Wildman–Crippen LogP) is 2.90. The van der Waals surface area contributed by atoms with Crippen molar-refractivity contribution < 1.29 is 13.2 Å². The normalized spacial score (nSPS) is 17.3. The number of carbonyl (C=O) groups excluding carboxylic acids is 1. The van der Waals surface area contributed by atoms with Crippen molar-refractivity contribution in [2.75, 3.05) is 6.26 Å². The van der Waals surface area contributed by atoms with Gasteiger partial charge in [-0.3, -0.25) is 4.79 Å². The van der Waals surface area contributed by atoms with Gasteiger partial charge in [0.05, 0.1) is 10.9 Å². The molecule has 0 aromatic heterocycles. The zero-order chi connectivity index (χ0) is 16.4. The van der Waals surface area contributed by atoms with E-state index in [0.717, 1.165) is 31.1 Å². The molecule has 0 fully saturated rings. The Labute approximate surface area is 136 Å². The van der Waals surface area contributed by atoms with E-state index in [1.165, 1.54) is 17.7 Å². The van der Waals surface area contributed by atoms with Gasteiger partial charge >= 0.3 is 0 Å². The van der Waals surface area contributed by atoms with Crippen molar-refractivity contribution in [2.45, 2.75) is 30.2 Å². The Balaban J connectivity index is 1.84. The summed E-state index contributed by atoms with van der Waals surface area (Å²) in [4.78, 5) is 12.7. The molecule has 1 aliphatic carbocycles. The predicted molar refractivity (Wildman–Crippen MR) is 89.1 cm³/mol. The van der Waals surface area contributed by atoms with Crippen LogP contribution in [0, 0.1) is 0 Å². The highest BCUT2D eigenvalue weighted by atomic mass is 32.2. The van der Waals surface area contributed by atoms with Crippen LogP contribution in [0.5, 0.6) is 0 Å². The zero-order valence-electron chi connectivity index (χ0n) is 13.0. The molecule has 2 aromatic rings. The van der Waals surface area contributed by atoms with Crippen molar-refractivity contribution in [1.82, 2.24) is 5.32 Å². The summed E-state index contributed by atoms with van der Waals surface area (Å²) in [5, 5.41) is 3.04. The Morgan fingerprint density at radius 3 is 2.70 bits per heavy atom. The van der Waals surface area contributed by atoms with Crippen molar-refractivity contribution in [2.24, 2.45) is 0 Å². The van der Waals surface area contributed by atoms with Gasteiger partial charge in [-0.2, -0.15) is 0 Å². The molecule has 0 bridgehead atoms. The largest absolute Gasteiger partial charge is 0.345 e. The smallest absolute Gasteiger partial charge is 0.251 e. The van der Waals surface area contributed by atoms with Crippen LogP contribution in [0.2, 0.25) is 0 Å². The van der Waals surface area contributed by atoms with E-state index in [0.29, 0.717) is 5.56 Å². The van der Waals surface area contributed by atoms with Crippen LogP contribution in [-0.4, -0.2) is 20.6 Å². The minimum atomic E-state index is -3.32. The van der Waals surface area contributed by atoms with E-state index >= 15 is 0 Å². The highest BCUT2D eigenvalue weighted by Gasteiger charge is 2.22. The molecule has 1 atom stereocenters. The molecule has 0 saturated carbocycles. The Hall–Kier alpha value is -2.14. The third-order valence-electron chi connectivity index (χ3n) is 4.20. The molecule has 0 saturated heterocycles. The Bertz CT molecular complexity index is 843. The van der Waals surface area contributed by atoms with Crippen LogP contribution in [0.25, 0.3) is 0 Å². The lowest BCUT2D eigenvalue weighted by atomic mass is 9.87. The number of hydrogen-bond acceptors (Lipinski definition) is 3. The van der Waals surface area contributed by atoms with Crippen LogP contribution >= 0.6 is 0 Å². The van der Waals surface area contributed by atoms with Crippen LogP contribution in [0.3, 0.4) is 0 Å². The molecular formula is C18H19NO3S. The third-order valence-corrected chi connectivity index (χ3v) is 5.31. The molecule has 5 heteroatoms. The lowest BCUT2D eigenvalue weighted by molar-refractivity contribution is 0.0932. The summed E-state index contributed by atoms with van der Waals surface area (Å²) >= 11 is 0. The summed E-state index contributed by atoms with van der Waals surface area (Å²) < 4.78 is 23.3. The van der Waals surface area contributed by atoms with Gasteiger partial charge in [0.1, 0.15) is 0 Å². The second kappa shape index (κ2) is 6.16. The molecule has 23 heavy (non-hydrogen) atoms. The van der Waals surface area contributed by atoms with Crippen LogP contribution in [0.4, 0.5) is 0 Å². The molecule has 1 N–H and O–H groups in total. The maximum atomic E-state index is 12.5. The number of sulfone groups is 1. The first-order valence-corrected chi connectivity index (χ1v) is 9.53. The van der Waals surface area contributed by atoms with Crippen LogP contribution in [0.1, 0.15) is 40.4 Å². The molecule has 4 nitrogen and oxygen atoms in total. The molecule has 0 unspecified atom stereocenters. The highest BCUT2D eigenvalue weighted by molar-refractivity contribution is 7.90. The molecule has 3 rings (SSSR count). The van der Waals surface area contributed by atoms with Gasteiger partial charge in [0.2, 0.25) is 0 Å². The molecule has 0 radical (unpaired) electrons. The van der Waals surface area contributed by atoms with Crippen molar-refractivity contribution in [1.29, 1.82) is 0 Å². The second-order valence-corrected chi connectivity index (χ2v) is 7.93. The molecule has 0 heterocycles. The number of carbonyl (C=O) groups is 1. The summed E-state index contributed by atoms with van der Waals surface area (Å²) in [7, 11) is -3.32. The van der Waals surface area contributed by atoms with Gasteiger partial charge in [0.25, 0.3) is 5.91 Å². The summed E-state index contributed by atoms with van der Waals surface area (Å²) in [6, 6.07) is 14.3. The minimum absolute atomic E-state index is 0.0191. The number of benzene rings is 2. The standard InChI is InChI=1S/C18H19NO3S/c1-23(21,22)15-9-4-8-14(12-15)18(20)19-17-11-5-7-13-6-2-3-10-16(13)17/h2-4,6,8-10,12,17H,5,7,11H2,1H3,(H,19,20)/t17-/m0/s1. The number of aryl methyl sites for hydroxylation is 1. The fourth-order valence-corrected chi connectivity index (χ4v) is 3.68. The van der Waals surface area contributed by atoms with E-state index in [2.05, 4.69) is 11.4 Å². The summed E-state index contributed by atoms with van der Waals surface area (Å²) in [5.74, 6) is -0.239.